The molecular formula is C14H14ClNO3S. The predicted octanol–water partition coefficient (Wildman–Crippen LogP) is 3.46. The van der Waals surface area contributed by atoms with Gasteiger partial charge in [0.05, 0.1) is 10.7 Å². The third-order valence-electron chi connectivity index (χ3n) is 3.00. The van der Waals surface area contributed by atoms with Gasteiger partial charge in [-0.05, 0) is 37.6 Å². The molecule has 0 spiro atoms. The first-order valence-corrected chi connectivity index (χ1v) is 7.75. The van der Waals surface area contributed by atoms with Crippen LogP contribution in [-0.4, -0.2) is 13.5 Å². The summed E-state index contributed by atoms with van der Waals surface area (Å²) in [7, 11) is -3.79. The zero-order chi connectivity index (χ0) is 14.9. The highest BCUT2D eigenvalue weighted by atomic mass is 35.5. The highest BCUT2D eigenvalue weighted by molar-refractivity contribution is 7.92. The zero-order valence-electron chi connectivity index (χ0n) is 11.0. The normalized spacial score (nSPS) is 11.3. The van der Waals surface area contributed by atoms with Gasteiger partial charge in [-0.3, -0.25) is 4.72 Å². The summed E-state index contributed by atoms with van der Waals surface area (Å²) in [6.45, 7) is 3.39. The number of phenols is 1. The monoisotopic (exact) mass is 311 g/mol. The highest BCUT2D eigenvalue weighted by Gasteiger charge is 2.19. The average molecular weight is 312 g/mol. The standard InChI is InChI=1S/C14H14ClNO3S/c1-9-7-8-12(10(2)14(9)17)16-20(18,19)13-6-4-3-5-11(13)15/h3-8,16-17H,1-2H3. The van der Waals surface area contributed by atoms with Gasteiger partial charge in [-0.2, -0.15) is 0 Å². The lowest BCUT2D eigenvalue weighted by Crippen LogP contribution is -2.14. The van der Waals surface area contributed by atoms with E-state index in [9.17, 15) is 13.5 Å². The molecule has 0 unspecified atom stereocenters. The van der Waals surface area contributed by atoms with E-state index in [0.29, 0.717) is 16.8 Å². The van der Waals surface area contributed by atoms with Gasteiger partial charge in [0.25, 0.3) is 10.0 Å². The largest absolute Gasteiger partial charge is 0.507 e. The van der Waals surface area contributed by atoms with Crippen LogP contribution >= 0.6 is 11.6 Å². The second-order valence-electron chi connectivity index (χ2n) is 4.44. The average Bonchev–Trinajstić information content (AvgIpc) is 2.40. The molecule has 0 aliphatic heterocycles. The minimum Gasteiger partial charge on any atom is -0.507 e. The molecule has 106 valence electrons. The Bertz CT molecular complexity index is 757. The second-order valence-corrected chi connectivity index (χ2v) is 6.50. The third-order valence-corrected chi connectivity index (χ3v) is 4.87. The van der Waals surface area contributed by atoms with Crippen molar-refractivity contribution in [2.24, 2.45) is 0 Å². The fourth-order valence-electron chi connectivity index (χ4n) is 1.81. The van der Waals surface area contributed by atoms with Gasteiger partial charge in [0, 0.05) is 5.56 Å². The number of rotatable bonds is 3. The number of sulfonamides is 1. The number of nitrogens with one attached hydrogen (secondary N) is 1. The summed E-state index contributed by atoms with van der Waals surface area (Å²) in [5.41, 5.74) is 1.48. The van der Waals surface area contributed by atoms with Crippen LogP contribution in [0.25, 0.3) is 0 Å². The summed E-state index contributed by atoms with van der Waals surface area (Å²) in [5.74, 6) is 0.0735. The molecule has 2 aromatic carbocycles. The van der Waals surface area contributed by atoms with Gasteiger partial charge in [0.1, 0.15) is 10.6 Å². The molecular weight excluding hydrogens is 298 g/mol. The molecule has 0 aliphatic carbocycles. The van der Waals surface area contributed by atoms with Gasteiger partial charge in [-0.25, -0.2) is 8.42 Å². The number of anilines is 1. The van der Waals surface area contributed by atoms with Crippen LogP contribution in [0.1, 0.15) is 11.1 Å². The van der Waals surface area contributed by atoms with Crippen molar-refractivity contribution >= 4 is 27.3 Å². The molecule has 20 heavy (non-hydrogen) atoms. The van der Waals surface area contributed by atoms with Crippen molar-refractivity contribution in [1.29, 1.82) is 0 Å². The number of hydrogen-bond donors (Lipinski definition) is 2. The van der Waals surface area contributed by atoms with Crippen LogP contribution in [0.4, 0.5) is 5.69 Å². The van der Waals surface area contributed by atoms with Crippen molar-refractivity contribution in [2.45, 2.75) is 18.7 Å². The third kappa shape index (κ3) is 2.73. The number of aromatic hydroxyl groups is 1. The Labute approximate surface area is 123 Å². The molecule has 0 fully saturated rings. The van der Waals surface area contributed by atoms with Crippen LogP contribution in [0.2, 0.25) is 5.02 Å². The van der Waals surface area contributed by atoms with E-state index in [1.54, 1.807) is 38.1 Å². The molecule has 0 saturated carbocycles. The quantitative estimate of drug-likeness (QED) is 0.912. The van der Waals surface area contributed by atoms with Crippen molar-refractivity contribution < 1.29 is 13.5 Å². The summed E-state index contributed by atoms with van der Waals surface area (Å²) < 4.78 is 27.0. The van der Waals surface area contributed by atoms with Crippen molar-refractivity contribution in [1.82, 2.24) is 0 Å². The molecule has 0 bridgehead atoms. The van der Waals surface area contributed by atoms with Gasteiger partial charge >= 0.3 is 0 Å². The topological polar surface area (TPSA) is 66.4 Å². The molecule has 0 radical (unpaired) electrons. The highest BCUT2D eigenvalue weighted by Crippen LogP contribution is 2.30. The number of hydrogen-bond acceptors (Lipinski definition) is 3. The van der Waals surface area contributed by atoms with Crippen LogP contribution in [0.15, 0.2) is 41.3 Å². The number of aryl methyl sites for hydroxylation is 1. The molecule has 0 aromatic heterocycles. The van der Waals surface area contributed by atoms with E-state index >= 15 is 0 Å². The number of halogens is 1. The van der Waals surface area contributed by atoms with E-state index in [0.717, 1.165) is 0 Å². The Hall–Kier alpha value is -1.72. The summed E-state index contributed by atoms with van der Waals surface area (Å²) in [6.07, 6.45) is 0. The Morgan fingerprint density at radius 2 is 1.75 bits per heavy atom. The molecule has 0 saturated heterocycles. The van der Waals surface area contributed by atoms with E-state index in [1.807, 2.05) is 0 Å². The molecule has 0 amide bonds. The van der Waals surface area contributed by atoms with Crippen molar-refractivity contribution in [3.63, 3.8) is 0 Å². The Kier molecular flexibility index (Phi) is 3.92. The first-order valence-electron chi connectivity index (χ1n) is 5.89. The lowest BCUT2D eigenvalue weighted by molar-refractivity contribution is 0.467. The first-order chi connectivity index (χ1) is 9.33. The first kappa shape index (κ1) is 14.7. The molecule has 0 heterocycles. The molecule has 4 nitrogen and oxygen atoms in total. The van der Waals surface area contributed by atoms with Crippen molar-refractivity contribution in [2.75, 3.05) is 4.72 Å². The van der Waals surface area contributed by atoms with E-state index in [-0.39, 0.29) is 15.7 Å². The smallest absolute Gasteiger partial charge is 0.263 e. The molecule has 2 N–H and O–H groups in total. The lowest BCUT2D eigenvalue weighted by atomic mass is 10.1. The molecule has 0 aliphatic rings. The Balaban J connectivity index is 2.45. The Morgan fingerprint density at radius 1 is 1.10 bits per heavy atom. The number of benzene rings is 2. The van der Waals surface area contributed by atoms with Gasteiger partial charge in [-0.15, -0.1) is 0 Å². The SMILES string of the molecule is Cc1ccc(NS(=O)(=O)c2ccccc2Cl)c(C)c1O. The van der Waals surface area contributed by atoms with Gasteiger partial charge in [0.15, 0.2) is 0 Å². The molecule has 6 heteroatoms. The second kappa shape index (κ2) is 5.34. The molecule has 2 aromatic rings. The molecule has 0 atom stereocenters. The summed E-state index contributed by atoms with van der Waals surface area (Å²) in [5, 5.41) is 10.00. The van der Waals surface area contributed by atoms with Crippen LogP contribution in [-0.2, 0) is 10.0 Å². The Morgan fingerprint density at radius 3 is 2.40 bits per heavy atom. The van der Waals surface area contributed by atoms with Crippen molar-refractivity contribution in [3.8, 4) is 5.75 Å². The van der Waals surface area contributed by atoms with Crippen LogP contribution in [0, 0.1) is 13.8 Å². The van der Waals surface area contributed by atoms with E-state index in [2.05, 4.69) is 4.72 Å². The van der Waals surface area contributed by atoms with Crippen molar-refractivity contribution in [3.05, 3.63) is 52.5 Å². The fourth-order valence-corrected chi connectivity index (χ4v) is 3.45. The fraction of sp³-hybridized carbons (Fsp3) is 0.143. The lowest BCUT2D eigenvalue weighted by Gasteiger charge is -2.13. The van der Waals surface area contributed by atoms with Crippen LogP contribution in [0.3, 0.4) is 0 Å². The van der Waals surface area contributed by atoms with Crippen LogP contribution in [0.5, 0.6) is 5.75 Å². The van der Waals surface area contributed by atoms with Gasteiger partial charge < -0.3 is 5.11 Å². The maximum absolute atomic E-state index is 12.3. The van der Waals surface area contributed by atoms with Crippen LogP contribution < -0.4 is 4.72 Å². The van der Waals surface area contributed by atoms with E-state index in [4.69, 9.17) is 11.6 Å². The summed E-state index contributed by atoms with van der Waals surface area (Å²) in [6, 6.07) is 9.44. The van der Waals surface area contributed by atoms with Gasteiger partial charge in [-0.1, -0.05) is 29.8 Å². The summed E-state index contributed by atoms with van der Waals surface area (Å²) in [4.78, 5) is 0.00105. The maximum Gasteiger partial charge on any atom is 0.263 e. The minimum absolute atomic E-state index is 0.00105. The van der Waals surface area contributed by atoms with E-state index < -0.39 is 10.0 Å². The maximum atomic E-state index is 12.3. The number of phenolic OH excluding ortho intramolecular Hbond substituents is 1. The van der Waals surface area contributed by atoms with E-state index in [1.165, 1.54) is 12.1 Å². The minimum atomic E-state index is -3.79. The zero-order valence-corrected chi connectivity index (χ0v) is 12.6. The van der Waals surface area contributed by atoms with Gasteiger partial charge in [0.2, 0.25) is 0 Å². The molecule has 2 rings (SSSR count). The predicted molar refractivity (Wildman–Crippen MR) is 79.8 cm³/mol. The summed E-state index contributed by atoms with van der Waals surface area (Å²) >= 11 is 5.90.